The molecule has 0 saturated carbocycles. The Kier molecular flexibility index (Phi) is 5.56. The summed E-state index contributed by atoms with van der Waals surface area (Å²) in [7, 11) is -3.40. The van der Waals surface area contributed by atoms with Gasteiger partial charge in [-0.25, -0.2) is 25.9 Å². The van der Waals surface area contributed by atoms with Crippen molar-refractivity contribution in [3.05, 3.63) is 47.8 Å². The van der Waals surface area contributed by atoms with Gasteiger partial charge in [0.2, 0.25) is 20.0 Å². The molecule has 0 saturated heterocycles. The van der Waals surface area contributed by atoms with Gasteiger partial charge in [0, 0.05) is 33.9 Å². The molecule has 0 atom stereocenters. The van der Waals surface area contributed by atoms with Crippen molar-refractivity contribution >= 4 is 26.0 Å². The molecule has 1 heterocycles. The van der Waals surface area contributed by atoms with Crippen molar-refractivity contribution in [1.82, 2.24) is 13.6 Å². The lowest BCUT2D eigenvalue weighted by molar-refractivity contribution is 0.0992. The van der Waals surface area contributed by atoms with Gasteiger partial charge in [0.15, 0.2) is 0 Å². The minimum atomic E-state index is -3.96. The maximum atomic E-state index is 12.5. The quantitative estimate of drug-likeness (QED) is 0.667. The third kappa shape index (κ3) is 3.96. The van der Waals surface area contributed by atoms with Crippen molar-refractivity contribution in [2.75, 3.05) is 14.1 Å². The van der Waals surface area contributed by atoms with Gasteiger partial charge >= 0.3 is 0 Å². The van der Waals surface area contributed by atoms with E-state index in [0.717, 1.165) is 10.4 Å². The standard InChI is InChI=1S/C15H20N4O5S2/c1-18(2)26(23,24)14-7-5-4-6-11(14)9-17-25(21,22)12-8-13(15(16)20)19(3)10-12/h4-8,10,17H,9H2,1-3H3,(H2,16,20). The first kappa shape index (κ1) is 20.1. The summed E-state index contributed by atoms with van der Waals surface area (Å²) in [6.45, 7) is -0.230. The molecule has 3 N–H and O–H groups in total. The second-order valence-electron chi connectivity index (χ2n) is 5.76. The van der Waals surface area contributed by atoms with Crippen LogP contribution in [0.3, 0.4) is 0 Å². The van der Waals surface area contributed by atoms with E-state index in [0.29, 0.717) is 5.56 Å². The van der Waals surface area contributed by atoms with Crippen molar-refractivity contribution in [2.24, 2.45) is 12.8 Å². The van der Waals surface area contributed by atoms with Crippen LogP contribution in [0.15, 0.2) is 46.3 Å². The van der Waals surface area contributed by atoms with Gasteiger partial charge < -0.3 is 10.3 Å². The van der Waals surface area contributed by atoms with Crippen LogP contribution in [0, 0.1) is 0 Å². The lowest BCUT2D eigenvalue weighted by Crippen LogP contribution is -2.27. The minimum Gasteiger partial charge on any atom is -0.364 e. The molecular formula is C15H20N4O5S2. The Labute approximate surface area is 152 Å². The molecule has 11 heteroatoms. The Morgan fingerprint density at radius 2 is 1.81 bits per heavy atom. The molecule has 26 heavy (non-hydrogen) atoms. The molecule has 142 valence electrons. The summed E-state index contributed by atoms with van der Waals surface area (Å²) in [6.07, 6.45) is 1.25. The third-order valence-electron chi connectivity index (χ3n) is 3.73. The molecule has 0 bridgehead atoms. The van der Waals surface area contributed by atoms with E-state index in [1.807, 2.05) is 0 Å². The number of benzene rings is 1. The molecular weight excluding hydrogens is 380 g/mol. The number of sulfonamides is 2. The van der Waals surface area contributed by atoms with E-state index in [2.05, 4.69) is 4.72 Å². The van der Waals surface area contributed by atoms with Gasteiger partial charge in [0.25, 0.3) is 5.91 Å². The first-order valence-electron chi connectivity index (χ1n) is 7.43. The molecule has 0 aliphatic heterocycles. The van der Waals surface area contributed by atoms with E-state index >= 15 is 0 Å². The number of carbonyl (C=O) groups is 1. The van der Waals surface area contributed by atoms with Crippen molar-refractivity contribution in [1.29, 1.82) is 0 Å². The second kappa shape index (κ2) is 7.19. The largest absolute Gasteiger partial charge is 0.364 e. The summed E-state index contributed by atoms with van der Waals surface area (Å²) in [4.78, 5) is 11.2. The normalized spacial score (nSPS) is 12.5. The number of nitrogens with two attached hydrogens (primary N) is 1. The molecule has 0 radical (unpaired) electrons. The number of carbonyl (C=O) groups excluding carboxylic acids is 1. The van der Waals surface area contributed by atoms with Crippen LogP contribution in [-0.2, 0) is 33.6 Å². The fourth-order valence-electron chi connectivity index (χ4n) is 2.28. The fourth-order valence-corrected chi connectivity index (χ4v) is 4.47. The van der Waals surface area contributed by atoms with Crippen molar-refractivity contribution in [3.63, 3.8) is 0 Å². The molecule has 2 aromatic rings. The SMILES string of the molecule is CN(C)S(=O)(=O)c1ccccc1CNS(=O)(=O)c1cc(C(N)=O)n(C)c1. The van der Waals surface area contributed by atoms with E-state index < -0.39 is 26.0 Å². The maximum Gasteiger partial charge on any atom is 0.265 e. The molecule has 1 aromatic heterocycles. The fraction of sp³-hybridized carbons (Fsp3) is 0.267. The molecule has 0 spiro atoms. The van der Waals surface area contributed by atoms with Gasteiger partial charge in [0.05, 0.1) is 4.90 Å². The summed E-state index contributed by atoms with van der Waals surface area (Å²) < 4.78 is 54.3. The lowest BCUT2D eigenvalue weighted by atomic mass is 10.2. The Hall–Kier alpha value is -2.21. The predicted octanol–water partition coefficient (Wildman–Crippen LogP) is -0.147. The molecule has 0 unspecified atom stereocenters. The van der Waals surface area contributed by atoms with Gasteiger partial charge in [-0.05, 0) is 17.7 Å². The number of aryl methyl sites for hydroxylation is 1. The highest BCUT2D eigenvalue weighted by atomic mass is 32.2. The van der Waals surface area contributed by atoms with Crippen LogP contribution in [0.1, 0.15) is 16.1 Å². The van der Waals surface area contributed by atoms with Crippen LogP contribution in [0.25, 0.3) is 0 Å². The Morgan fingerprint density at radius 1 is 1.19 bits per heavy atom. The molecule has 0 fully saturated rings. The van der Waals surface area contributed by atoms with Crippen LogP contribution in [0.5, 0.6) is 0 Å². The zero-order valence-corrected chi connectivity index (χ0v) is 16.1. The first-order chi connectivity index (χ1) is 12.0. The van der Waals surface area contributed by atoms with E-state index in [1.165, 1.54) is 44.0 Å². The van der Waals surface area contributed by atoms with E-state index in [-0.39, 0.29) is 22.0 Å². The third-order valence-corrected chi connectivity index (χ3v) is 7.01. The van der Waals surface area contributed by atoms with Gasteiger partial charge in [-0.2, -0.15) is 0 Å². The summed E-state index contributed by atoms with van der Waals surface area (Å²) in [6, 6.07) is 7.27. The van der Waals surface area contributed by atoms with Crippen LogP contribution in [0.4, 0.5) is 0 Å². The number of rotatable bonds is 7. The van der Waals surface area contributed by atoms with Crippen molar-refractivity contribution in [2.45, 2.75) is 16.3 Å². The molecule has 0 aliphatic rings. The first-order valence-corrected chi connectivity index (χ1v) is 10.4. The highest BCUT2D eigenvalue weighted by molar-refractivity contribution is 7.89. The number of hydrogen-bond donors (Lipinski definition) is 2. The summed E-state index contributed by atoms with van der Waals surface area (Å²) in [5.41, 5.74) is 5.53. The zero-order valence-electron chi connectivity index (χ0n) is 14.5. The topological polar surface area (TPSA) is 132 Å². The maximum absolute atomic E-state index is 12.5. The van der Waals surface area contributed by atoms with Gasteiger partial charge in [-0.1, -0.05) is 18.2 Å². The van der Waals surface area contributed by atoms with Crippen LogP contribution >= 0.6 is 0 Å². The summed E-state index contributed by atoms with van der Waals surface area (Å²) in [5, 5.41) is 0. The number of hydrogen-bond acceptors (Lipinski definition) is 5. The highest BCUT2D eigenvalue weighted by Crippen LogP contribution is 2.19. The van der Waals surface area contributed by atoms with Gasteiger partial charge in [-0.15, -0.1) is 0 Å². The molecule has 1 aromatic carbocycles. The predicted molar refractivity (Wildman–Crippen MR) is 95.3 cm³/mol. The average molecular weight is 400 g/mol. The van der Waals surface area contributed by atoms with Crippen molar-refractivity contribution in [3.8, 4) is 0 Å². The van der Waals surface area contributed by atoms with E-state index in [4.69, 9.17) is 5.73 Å². The molecule has 9 nitrogen and oxygen atoms in total. The Bertz CT molecular complexity index is 1040. The minimum absolute atomic E-state index is 0.0126. The summed E-state index contributed by atoms with van der Waals surface area (Å²) in [5.74, 6) is -0.753. The van der Waals surface area contributed by atoms with E-state index in [1.54, 1.807) is 12.1 Å². The number of primary amides is 1. The number of aromatic nitrogens is 1. The van der Waals surface area contributed by atoms with Gasteiger partial charge in [-0.3, -0.25) is 4.79 Å². The number of amides is 1. The van der Waals surface area contributed by atoms with Gasteiger partial charge in [0.1, 0.15) is 10.6 Å². The second-order valence-corrected chi connectivity index (χ2v) is 9.64. The van der Waals surface area contributed by atoms with Crippen LogP contribution < -0.4 is 10.5 Å². The van der Waals surface area contributed by atoms with Crippen molar-refractivity contribution < 1.29 is 21.6 Å². The lowest BCUT2D eigenvalue weighted by Gasteiger charge is -2.15. The Morgan fingerprint density at radius 3 is 2.35 bits per heavy atom. The highest BCUT2D eigenvalue weighted by Gasteiger charge is 2.23. The number of nitrogens with one attached hydrogen (secondary N) is 1. The molecule has 1 amide bonds. The van der Waals surface area contributed by atoms with Crippen LogP contribution in [-0.4, -0.2) is 45.7 Å². The smallest absolute Gasteiger partial charge is 0.265 e. The monoisotopic (exact) mass is 400 g/mol. The van der Waals surface area contributed by atoms with E-state index in [9.17, 15) is 21.6 Å². The number of nitrogens with zero attached hydrogens (tertiary/aromatic N) is 2. The molecule has 0 aliphatic carbocycles. The average Bonchev–Trinajstić information content (AvgIpc) is 2.96. The molecule has 2 rings (SSSR count). The zero-order chi connectivity index (χ0) is 19.7. The summed E-state index contributed by atoms with van der Waals surface area (Å²) >= 11 is 0. The van der Waals surface area contributed by atoms with Crippen LogP contribution in [0.2, 0.25) is 0 Å². The Balaban J connectivity index is 2.32.